The van der Waals surface area contributed by atoms with Gasteiger partial charge in [0.15, 0.2) is 0 Å². The quantitative estimate of drug-likeness (QED) is 0.776. The molecule has 0 saturated carbocycles. The van der Waals surface area contributed by atoms with Crippen LogP contribution in [0.15, 0.2) is 18.2 Å². The van der Waals surface area contributed by atoms with Crippen LogP contribution in [-0.2, 0) is 11.3 Å². The van der Waals surface area contributed by atoms with E-state index >= 15 is 0 Å². The van der Waals surface area contributed by atoms with Crippen molar-refractivity contribution >= 4 is 0 Å². The van der Waals surface area contributed by atoms with Crippen molar-refractivity contribution in [2.45, 2.75) is 25.6 Å². The number of aromatic nitrogens is 1. The van der Waals surface area contributed by atoms with E-state index in [9.17, 15) is 0 Å². The van der Waals surface area contributed by atoms with Crippen molar-refractivity contribution in [1.29, 1.82) is 0 Å². The van der Waals surface area contributed by atoms with Crippen molar-refractivity contribution < 1.29 is 4.74 Å². The van der Waals surface area contributed by atoms with Crippen LogP contribution in [0.25, 0.3) is 0 Å². The lowest BCUT2D eigenvalue weighted by Gasteiger charge is -2.33. The molecule has 2 saturated heterocycles. The maximum atomic E-state index is 5.86. The average molecular weight is 247 g/mol. The van der Waals surface area contributed by atoms with Crippen molar-refractivity contribution in [3.63, 3.8) is 0 Å². The van der Waals surface area contributed by atoms with Gasteiger partial charge in [0.1, 0.15) is 0 Å². The smallest absolute Gasteiger partial charge is 0.0869 e. The molecule has 0 aromatic carbocycles. The van der Waals surface area contributed by atoms with E-state index in [1.165, 1.54) is 0 Å². The Morgan fingerprint density at radius 1 is 1.39 bits per heavy atom. The second-order valence-electron chi connectivity index (χ2n) is 5.42. The molecule has 2 aliphatic rings. The van der Waals surface area contributed by atoms with Gasteiger partial charge in [-0.15, -0.1) is 0 Å². The third kappa shape index (κ3) is 2.41. The van der Waals surface area contributed by atoms with Gasteiger partial charge < -0.3 is 4.74 Å². The molecule has 2 aliphatic heterocycles. The van der Waals surface area contributed by atoms with Crippen LogP contribution in [0.1, 0.15) is 11.4 Å². The highest BCUT2D eigenvalue weighted by Crippen LogP contribution is 2.22. The molecule has 0 radical (unpaired) electrons. The number of rotatable bonds is 2. The van der Waals surface area contributed by atoms with E-state index in [1.807, 2.05) is 13.0 Å². The molecule has 0 unspecified atom stereocenters. The molecule has 0 bridgehead atoms. The first-order valence-electron chi connectivity index (χ1n) is 6.69. The maximum absolute atomic E-state index is 5.86. The van der Waals surface area contributed by atoms with Gasteiger partial charge in [0.2, 0.25) is 0 Å². The summed E-state index contributed by atoms with van der Waals surface area (Å²) in [5.74, 6) is 0. The Morgan fingerprint density at radius 2 is 2.28 bits per heavy atom. The second kappa shape index (κ2) is 4.96. The van der Waals surface area contributed by atoms with E-state index < -0.39 is 0 Å². The first-order chi connectivity index (χ1) is 8.72. The zero-order valence-corrected chi connectivity index (χ0v) is 11.2. The number of ether oxygens (including phenoxy) is 1. The molecular weight excluding hydrogens is 226 g/mol. The highest BCUT2D eigenvalue weighted by molar-refractivity contribution is 5.10. The first kappa shape index (κ1) is 12.1. The van der Waals surface area contributed by atoms with Crippen molar-refractivity contribution in [1.82, 2.24) is 14.8 Å². The van der Waals surface area contributed by atoms with Crippen LogP contribution < -0.4 is 0 Å². The van der Waals surface area contributed by atoms with Crippen LogP contribution >= 0.6 is 0 Å². The highest BCUT2D eigenvalue weighted by Gasteiger charge is 2.38. The van der Waals surface area contributed by atoms with Gasteiger partial charge in [-0.05, 0) is 26.1 Å². The molecule has 1 aromatic heterocycles. The lowest BCUT2D eigenvalue weighted by Crippen LogP contribution is -2.48. The molecule has 3 rings (SSSR count). The minimum absolute atomic E-state index is 0.383. The van der Waals surface area contributed by atoms with Gasteiger partial charge in [-0.3, -0.25) is 14.8 Å². The lowest BCUT2D eigenvalue weighted by atomic mass is 10.1. The molecule has 18 heavy (non-hydrogen) atoms. The molecular formula is C14H21N3O. The van der Waals surface area contributed by atoms with Gasteiger partial charge in [0.05, 0.1) is 18.4 Å². The third-order valence-electron chi connectivity index (χ3n) is 3.99. The fourth-order valence-electron chi connectivity index (χ4n) is 2.98. The Hall–Kier alpha value is -0.970. The van der Waals surface area contributed by atoms with E-state index in [0.29, 0.717) is 12.1 Å². The van der Waals surface area contributed by atoms with Crippen LogP contribution in [0.2, 0.25) is 0 Å². The summed E-state index contributed by atoms with van der Waals surface area (Å²) in [4.78, 5) is 9.46. The fraction of sp³-hybridized carbons (Fsp3) is 0.643. The predicted molar refractivity (Wildman–Crippen MR) is 70.4 cm³/mol. The monoisotopic (exact) mass is 247 g/mol. The van der Waals surface area contributed by atoms with Crippen molar-refractivity contribution in [2.75, 3.05) is 33.3 Å². The molecule has 4 nitrogen and oxygen atoms in total. The van der Waals surface area contributed by atoms with Crippen LogP contribution in [-0.4, -0.2) is 60.2 Å². The number of pyridine rings is 1. The molecule has 0 N–H and O–H groups in total. The summed E-state index contributed by atoms with van der Waals surface area (Å²) >= 11 is 0. The number of hydrogen-bond donors (Lipinski definition) is 0. The van der Waals surface area contributed by atoms with Gasteiger partial charge in [-0.25, -0.2) is 0 Å². The van der Waals surface area contributed by atoms with Crippen molar-refractivity contribution in [3.8, 4) is 0 Å². The Balaban J connectivity index is 1.65. The summed E-state index contributed by atoms with van der Waals surface area (Å²) in [6.07, 6.45) is 0.383. The number of nitrogens with zero attached hydrogens (tertiary/aromatic N) is 3. The second-order valence-corrected chi connectivity index (χ2v) is 5.42. The van der Waals surface area contributed by atoms with Gasteiger partial charge >= 0.3 is 0 Å². The third-order valence-corrected chi connectivity index (χ3v) is 3.99. The standard InChI is InChI=1S/C14H21N3O/c1-11-4-3-5-12(15-11)8-17-9-13-14(10-17)18-7-6-16(13)2/h3-5,13-14H,6-10H2,1-2H3/t13-,14+/m0/s1. The number of likely N-dealkylation sites (N-methyl/N-ethyl adjacent to an activating group) is 1. The minimum Gasteiger partial charge on any atom is -0.374 e. The average Bonchev–Trinajstić information content (AvgIpc) is 2.73. The highest BCUT2D eigenvalue weighted by atomic mass is 16.5. The summed E-state index contributed by atoms with van der Waals surface area (Å²) in [5.41, 5.74) is 2.26. The topological polar surface area (TPSA) is 28.6 Å². The number of likely N-dealkylation sites (tertiary alicyclic amines) is 1. The van der Waals surface area contributed by atoms with E-state index in [1.54, 1.807) is 0 Å². The van der Waals surface area contributed by atoms with Crippen molar-refractivity contribution in [3.05, 3.63) is 29.6 Å². The number of fused-ring (bicyclic) bond motifs is 1. The Kier molecular flexibility index (Phi) is 3.33. The fourth-order valence-corrected chi connectivity index (χ4v) is 2.98. The molecule has 3 heterocycles. The summed E-state index contributed by atoms with van der Waals surface area (Å²) < 4.78 is 5.86. The Labute approximate surface area is 109 Å². The van der Waals surface area contributed by atoms with E-state index in [-0.39, 0.29) is 0 Å². The van der Waals surface area contributed by atoms with Gasteiger partial charge in [-0.2, -0.15) is 0 Å². The summed E-state index contributed by atoms with van der Waals surface area (Å²) in [6.45, 7) is 7.03. The molecule has 0 amide bonds. The molecule has 98 valence electrons. The molecule has 0 spiro atoms. The van der Waals surface area contributed by atoms with Crippen LogP contribution in [0.3, 0.4) is 0 Å². The molecule has 2 atom stereocenters. The van der Waals surface area contributed by atoms with E-state index in [0.717, 1.165) is 44.2 Å². The molecule has 4 heteroatoms. The van der Waals surface area contributed by atoms with Gasteiger partial charge in [0.25, 0.3) is 0 Å². The zero-order valence-electron chi connectivity index (χ0n) is 11.2. The van der Waals surface area contributed by atoms with Gasteiger partial charge in [0, 0.05) is 37.9 Å². The molecule has 1 aromatic rings. The van der Waals surface area contributed by atoms with Crippen LogP contribution in [0.5, 0.6) is 0 Å². The lowest BCUT2D eigenvalue weighted by molar-refractivity contribution is -0.0370. The van der Waals surface area contributed by atoms with E-state index in [2.05, 4.69) is 34.0 Å². The minimum atomic E-state index is 0.383. The summed E-state index contributed by atoms with van der Waals surface area (Å²) in [6, 6.07) is 6.80. The Morgan fingerprint density at radius 3 is 3.06 bits per heavy atom. The number of aryl methyl sites for hydroxylation is 1. The Bertz CT molecular complexity index is 423. The summed E-state index contributed by atoms with van der Waals surface area (Å²) in [7, 11) is 2.20. The predicted octanol–water partition coefficient (Wildman–Crippen LogP) is 0.905. The largest absolute Gasteiger partial charge is 0.374 e. The van der Waals surface area contributed by atoms with E-state index in [4.69, 9.17) is 4.74 Å². The number of morpholine rings is 1. The zero-order chi connectivity index (χ0) is 12.5. The maximum Gasteiger partial charge on any atom is 0.0869 e. The molecule has 2 fully saturated rings. The normalized spacial score (nSPS) is 29.4. The van der Waals surface area contributed by atoms with Gasteiger partial charge in [-0.1, -0.05) is 6.07 Å². The summed E-state index contributed by atoms with van der Waals surface area (Å²) in [5, 5.41) is 0. The van der Waals surface area contributed by atoms with Crippen LogP contribution in [0.4, 0.5) is 0 Å². The number of hydrogen-bond acceptors (Lipinski definition) is 4. The van der Waals surface area contributed by atoms with Crippen molar-refractivity contribution in [2.24, 2.45) is 0 Å². The first-order valence-corrected chi connectivity index (χ1v) is 6.69. The van der Waals surface area contributed by atoms with Crippen LogP contribution in [0, 0.1) is 6.92 Å². The SMILES string of the molecule is Cc1cccc(CN2C[C@H]3OCCN(C)[C@H]3C2)n1. The molecule has 0 aliphatic carbocycles.